The summed E-state index contributed by atoms with van der Waals surface area (Å²) in [5, 5.41) is 0. The first-order valence-electron chi connectivity index (χ1n) is 6.87. The fourth-order valence-corrected chi connectivity index (χ4v) is 3.16. The molecular formula is C16H25N. The van der Waals surface area contributed by atoms with E-state index in [2.05, 4.69) is 39.0 Å². The number of nitrogens with two attached hydrogens (primary N) is 1. The summed E-state index contributed by atoms with van der Waals surface area (Å²) in [5.74, 6) is 0.648. The maximum Gasteiger partial charge on any atom is 0.0221 e. The predicted molar refractivity (Wildman–Crippen MR) is 74.2 cm³/mol. The fraction of sp³-hybridized carbons (Fsp3) is 0.625. The molecule has 0 aliphatic heterocycles. The van der Waals surface area contributed by atoms with Gasteiger partial charge in [0.15, 0.2) is 0 Å². The largest absolute Gasteiger partial charge is 0.325 e. The zero-order chi connectivity index (χ0) is 12.5. The van der Waals surface area contributed by atoms with Crippen LogP contribution in [0.15, 0.2) is 18.2 Å². The van der Waals surface area contributed by atoms with Crippen LogP contribution >= 0.6 is 0 Å². The van der Waals surface area contributed by atoms with Gasteiger partial charge < -0.3 is 5.73 Å². The highest BCUT2D eigenvalue weighted by Crippen LogP contribution is 2.35. The Morgan fingerprint density at radius 2 is 1.88 bits per heavy atom. The molecule has 0 saturated heterocycles. The summed E-state index contributed by atoms with van der Waals surface area (Å²) in [6.07, 6.45) is 6.18. The van der Waals surface area contributed by atoms with Crippen LogP contribution in [0.25, 0.3) is 0 Å². The average Bonchev–Trinajstić information content (AvgIpc) is 2.28. The van der Waals surface area contributed by atoms with Crippen molar-refractivity contribution in [2.24, 2.45) is 11.7 Å². The van der Waals surface area contributed by atoms with E-state index in [1.165, 1.54) is 42.4 Å². The van der Waals surface area contributed by atoms with Crippen molar-refractivity contribution in [2.45, 2.75) is 58.4 Å². The van der Waals surface area contributed by atoms with Gasteiger partial charge >= 0.3 is 0 Å². The molecule has 0 aromatic heterocycles. The number of hydrogen-bond donors (Lipinski definition) is 1. The number of benzene rings is 1. The Labute approximate surface area is 105 Å². The Bertz CT molecular complexity index is 376. The summed E-state index contributed by atoms with van der Waals surface area (Å²) in [6.45, 7) is 6.74. The monoisotopic (exact) mass is 231 g/mol. The van der Waals surface area contributed by atoms with E-state index >= 15 is 0 Å². The first-order chi connectivity index (χ1) is 8.03. The van der Waals surface area contributed by atoms with Gasteiger partial charge in [0.2, 0.25) is 0 Å². The molecule has 2 atom stereocenters. The van der Waals surface area contributed by atoms with Crippen LogP contribution in [0.1, 0.15) is 49.3 Å². The van der Waals surface area contributed by atoms with E-state index in [0.29, 0.717) is 5.92 Å². The molecule has 1 saturated carbocycles. The van der Waals surface area contributed by atoms with Crippen molar-refractivity contribution in [1.82, 2.24) is 0 Å². The van der Waals surface area contributed by atoms with E-state index in [4.69, 9.17) is 5.73 Å². The number of aryl methyl sites for hydroxylation is 2. The van der Waals surface area contributed by atoms with Gasteiger partial charge in [0.25, 0.3) is 0 Å². The van der Waals surface area contributed by atoms with Gasteiger partial charge in [-0.1, -0.05) is 38.0 Å². The van der Waals surface area contributed by atoms with Crippen molar-refractivity contribution in [3.8, 4) is 0 Å². The van der Waals surface area contributed by atoms with Crippen LogP contribution in [0.2, 0.25) is 0 Å². The summed E-state index contributed by atoms with van der Waals surface area (Å²) in [7, 11) is 0. The van der Waals surface area contributed by atoms with E-state index in [0.717, 1.165) is 6.42 Å². The molecule has 1 nitrogen and oxygen atoms in total. The molecule has 2 rings (SSSR count). The SMILES string of the molecule is Cc1cccc(C)c1CC1(N)CCCCC1C. The lowest BCUT2D eigenvalue weighted by atomic mass is 9.70. The van der Waals surface area contributed by atoms with Crippen LogP contribution in [0, 0.1) is 19.8 Å². The van der Waals surface area contributed by atoms with E-state index in [9.17, 15) is 0 Å². The molecule has 1 aliphatic rings. The van der Waals surface area contributed by atoms with Crippen LogP contribution in [0.5, 0.6) is 0 Å². The van der Waals surface area contributed by atoms with Gasteiger partial charge in [-0.15, -0.1) is 0 Å². The Morgan fingerprint density at radius 3 is 2.47 bits per heavy atom. The maximum atomic E-state index is 6.67. The predicted octanol–water partition coefficient (Wildman–Crippen LogP) is 3.75. The highest BCUT2D eigenvalue weighted by molar-refractivity contribution is 5.35. The summed E-state index contributed by atoms with van der Waals surface area (Å²) in [6, 6.07) is 6.56. The van der Waals surface area contributed by atoms with Crippen LogP contribution in [-0.4, -0.2) is 5.54 Å². The molecule has 0 bridgehead atoms. The lowest BCUT2D eigenvalue weighted by Gasteiger charge is -2.40. The maximum absolute atomic E-state index is 6.67. The first kappa shape index (κ1) is 12.6. The fourth-order valence-electron chi connectivity index (χ4n) is 3.16. The zero-order valence-corrected chi connectivity index (χ0v) is 11.4. The smallest absolute Gasteiger partial charge is 0.0221 e. The van der Waals surface area contributed by atoms with Crippen LogP contribution in [-0.2, 0) is 6.42 Å². The molecule has 2 N–H and O–H groups in total. The van der Waals surface area contributed by atoms with Crippen molar-refractivity contribution in [2.75, 3.05) is 0 Å². The molecule has 17 heavy (non-hydrogen) atoms. The third kappa shape index (κ3) is 2.55. The molecule has 2 unspecified atom stereocenters. The summed E-state index contributed by atoms with van der Waals surface area (Å²) >= 11 is 0. The quantitative estimate of drug-likeness (QED) is 0.824. The second-order valence-corrected chi connectivity index (χ2v) is 5.93. The van der Waals surface area contributed by atoms with Gasteiger partial charge in [0.05, 0.1) is 0 Å². The molecule has 1 fully saturated rings. The van der Waals surface area contributed by atoms with Crippen LogP contribution in [0.4, 0.5) is 0 Å². The summed E-state index contributed by atoms with van der Waals surface area (Å²) in [4.78, 5) is 0. The third-order valence-electron chi connectivity index (χ3n) is 4.66. The summed E-state index contributed by atoms with van der Waals surface area (Å²) in [5.41, 5.74) is 11.0. The van der Waals surface area contributed by atoms with Gasteiger partial charge in [-0.2, -0.15) is 0 Å². The minimum Gasteiger partial charge on any atom is -0.325 e. The number of rotatable bonds is 2. The van der Waals surface area contributed by atoms with Crippen molar-refractivity contribution < 1.29 is 0 Å². The second kappa shape index (κ2) is 4.81. The molecule has 0 heterocycles. The minimum atomic E-state index is 0.0229. The molecule has 1 heteroatoms. The van der Waals surface area contributed by atoms with Crippen molar-refractivity contribution in [1.29, 1.82) is 0 Å². The molecule has 0 spiro atoms. The first-order valence-corrected chi connectivity index (χ1v) is 6.87. The topological polar surface area (TPSA) is 26.0 Å². The molecular weight excluding hydrogens is 206 g/mol. The van der Waals surface area contributed by atoms with Crippen molar-refractivity contribution in [3.63, 3.8) is 0 Å². The Morgan fingerprint density at radius 1 is 1.24 bits per heavy atom. The average molecular weight is 231 g/mol. The van der Waals surface area contributed by atoms with Crippen molar-refractivity contribution in [3.05, 3.63) is 34.9 Å². The second-order valence-electron chi connectivity index (χ2n) is 5.93. The van der Waals surface area contributed by atoms with Gasteiger partial charge in [0, 0.05) is 5.54 Å². The number of hydrogen-bond acceptors (Lipinski definition) is 1. The van der Waals surface area contributed by atoms with Gasteiger partial charge in [-0.3, -0.25) is 0 Å². The van der Waals surface area contributed by atoms with Gasteiger partial charge in [0.1, 0.15) is 0 Å². The normalized spacial score (nSPS) is 29.3. The Kier molecular flexibility index (Phi) is 3.58. The molecule has 1 aromatic rings. The van der Waals surface area contributed by atoms with Crippen LogP contribution < -0.4 is 5.73 Å². The van der Waals surface area contributed by atoms with Gasteiger partial charge in [-0.05, 0) is 55.7 Å². The van der Waals surface area contributed by atoms with E-state index in [-0.39, 0.29) is 5.54 Å². The van der Waals surface area contributed by atoms with E-state index in [1.54, 1.807) is 0 Å². The zero-order valence-electron chi connectivity index (χ0n) is 11.4. The molecule has 94 valence electrons. The third-order valence-corrected chi connectivity index (χ3v) is 4.66. The molecule has 1 aromatic carbocycles. The van der Waals surface area contributed by atoms with E-state index < -0.39 is 0 Å². The van der Waals surface area contributed by atoms with Crippen molar-refractivity contribution >= 4 is 0 Å². The minimum absolute atomic E-state index is 0.0229. The van der Waals surface area contributed by atoms with Gasteiger partial charge in [-0.25, -0.2) is 0 Å². The highest BCUT2D eigenvalue weighted by Gasteiger charge is 2.34. The standard InChI is InChI=1S/C16H25N/c1-12-7-6-8-13(2)15(12)11-16(17)10-5-4-9-14(16)3/h6-8,14H,4-5,9-11,17H2,1-3H3. The Balaban J connectivity index is 2.25. The molecule has 1 aliphatic carbocycles. The van der Waals surface area contributed by atoms with E-state index in [1.807, 2.05) is 0 Å². The van der Waals surface area contributed by atoms with Crippen LogP contribution in [0.3, 0.4) is 0 Å². The molecule has 0 amide bonds. The molecule has 0 radical (unpaired) electrons. The lowest BCUT2D eigenvalue weighted by molar-refractivity contribution is 0.203. The highest BCUT2D eigenvalue weighted by atomic mass is 14.8. The lowest BCUT2D eigenvalue weighted by Crippen LogP contribution is -2.50. The Hall–Kier alpha value is -0.820. The summed E-state index contributed by atoms with van der Waals surface area (Å²) < 4.78 is 0.